The third kappa shape index (κ3) is 3.14. The fourth-order valence-corrected chi connectivity index (χ4v) is 3.01. The molecule has 1 fully saturated rings. The molecule has 1 aliphatic rings. The fourth-order valence-electron chi connectivity index (χ4n) is 2.48. The van der Waals surface area contributed by atoms with Crippen molar-refractivity contribution in [2.24, 2.45) is 0 Å². The second-order valence-corrected chi connectivity index (χ2v) is 5.19. The normalized spacial score (nSPS) is 16.9. The number of nitrogens with zero attached hydrogens (tertiary/aromatic N) is 3. The monoisotopic (exact) mass is 256 g/mol. The van der Waals surface area contributed by atoms with Crippen LogP contribution in [0.4, 0.5) is 5.00 Å². The lowest BCUT2D eigenvalue weighted by atomic mass is 10.2. The van der Waals surface area contributed by atoms with E-state index in [1.165, 1.54) is 37.2 Å². The van der Waals surface area contributed by atoms with Crippen LogP contribution in [0.2, 0.25) is 0 Å². The van der Waals surface area contributed by atoms with Crippen LogP contribution in [0.5, 0.6) is 0 Å². The highest BCUT2D eigenvalue weighted by molar-refractivity contribution is 7.10. The zero-order valence-corrected chi connectivity index (χ0v) is 11.0. The first-order valence-electron chi connectivity index (χ1n) is 6.19. The van der Waals surface area contributed by atoms with Crippen molar-refractivity contribution in [3.8, 4) is 0 Å². The Bertz CT molecular complexity index is 338. The Morgan fingerprint density at radius 1 is 1.47 bits per heavy atom. The maximum atomic E-state index is 9.16. The van der Waals surface area contributed by atoms with Gasteiger partial charge < -0.3 is 10.4 Å². The minimum atomic E-state index is 0.211. The minimum Gasteiger partial charge on any atom is -0.395 e. The van der Waals surface area contributed by atoms with E-state index in [0.29, 0.717) is 6.04 Å². The maximum absolute atomic E-state index is 9.16. The van der Waals surface area contributed by atoms with Gasteiger partial charge in [0.25, 0.3) is 0 Å². The predicted molar refractivity (Wildman–Crippen MR) is 69.2 cm³/mol. The lowest BCUT2D eigenvalue weighted by Crippen LogP contribution is -2.35. The Balaban J connectivity index is 2.01. The fraction of sp³-hybridized carbons (Fsp3) is 0.818. The van der Waals surface area contributed by atoms with Crippen molar-refractivity contribution >= 4 is 16.5 Å². The molecule has 0 spiro atoms. The Hall–Kier alpha value is -0.720. The Kier molecular flexibility index (Phi) is 4.70. The highest BCUT2D eigenvalue weighted by atomic mass is 32.1. The lowest BCUT2D eigenvalue weighted by molar-refractivity contribution is 0.143. The van der Waals surface area contributed by atoms with E-state index in [1.54, 1.807) is 0 Å². The van der Waals surface area contributed by atoms with Gasteiger partial charge in [0.1, 0.15) is 10.7 Å². The van der Waals surface area contributed by atoms with Crippen LogP contribution in [0, 0.1) is 0 Å². The molecule has 17 heavy (non-hydrogen) atoms. The van der Waals surface area contributed by atoms with Gasteiger partial charge >= 0.3 is 0 Å². The Morgan fingerprint density at radius 2 is 2.24 bits per heavy atom. The number of aliphatic hydroxyl groups is 1. The zero-order valence-electron chi connectivity index (χ0n) is 10.2. The van der Waals surface area contributed by atoms with E-state index in [-0.39, 0.29) is 6.61 Å². The molecule has 2 rings (SSSR count). The van der Waals surface area contributed by atoms with Crippen molar-refractivity contribution in [3.05, 3.63) is 5.69 Å². The summed E-state index contributed by atoms with van der Waals surface area (Å²) in [5, 5.41) is 17.5. The van der Waals surface area contributed by atoms with Crippen molar-refractivity contribution < 1.29 is 5.11 Å². The van der Waals surface area contributed by atoms with Gasteiger partial charge in [-0.2, -0.15) is 0 Å². The van der Waals surface area contributed by atoms with E-state index >= 15 is 0 Å². The summed E-state index contributed by atoms with van der Waals surface area (Å²) in [6.45, 7) is 1.73. The summed E-state index contributed by atoms with van der Waals surface area (Å²) in [7, 11) is 1.89. The van der Waals surface area contributed by atoms with Crippen LogP contribution in [0.1, 0.15) is 31.4 Å². The first kappa shape index (κ1) is 12.7. The molecule has 0 amide bonds. The number of aliphatic hydroxyl groups excluding tert-OH is 1. The third-order valence-corrected chi connectivity index (χ3v) is 4.15. The Morgan fingerprint density at radius 3 is 2.88 bits per heavy atom. The Labute approximate surface area is 106 Å². The first-order chi connectivity index (χ1) is 8.35. The van der Waals surface area contributed by atoms with Crippen molar-refractivity contribution in [3.63, 3.8) is 0 Å². The topological polar surface area (TPSA) is 61.3 Å². The first-order valence-corrected chi connectivity index (χ1v) is 6.96. The van der Waals surface area contributed by atoms with E-state index in [2.05, 4.69) is 19.8 Å². The number of rotatable bonds is 6. The van der Waals surface area contributed by atoms with E-state index < -0.39 is 0 Å². The van der Waals surface area contributed by atoms with Gasteiger partial charge in [0.2, 0.25) is 0 Å². The molecule has 1 aromatic rings. The van der Waals surface area contributed by atoms with Crippen LogP contribution >= 0.6 is 11.5 Å². The summed E-state index contributed by atoms with van der Waals surface area (Å²) < 4.78 is 3.97. The summed E-state index contributed by atoms with van der Waals surface area (Å²) in [6, 6.07) is 0.605. The van der Waals surface area contributed by atoms with Crippen molar-refractivity contribution in [1.82, 2.24) is 14.5 Å². The number of nitrogens with one attached hydrogen (secondary N) is 1. The van der Waals surface area contributed by atoms with Gasteiger partial charge in [-0.25, -0.2) is 0 Å². The summed E-state index contributed by atoms with van der Waals surface area (Å²) >= 11 is 1.39. The number of anilines is 1. The highest BCUT2D eigenvalue weighted by Gasteiger charge is 2.23. The van der Waals surface area contributed by atoms with Crippen LogP contribution in [0.15, 0.2) is 0 Å². The lowest BCUT2D eigenvalue weighted by Gasteiger charge is -2.27. The smallest absolute Gasteiger partial charge is 0.134 e. The SMILES string of the molecule is CNc1snnc1CN(CCO)C1CCCC1. The molecule has 6 heteroatoms. The average molecular weight is 256 g/mol. The minimum absolute atomic E-state index is 0.211. The summed E-state index contributed by atoms with van der Waals surface area (Å²) in [5.74, 6) is 0. The molecule has 0 atom stereocenters. The maximum Gasteiger partial charge on any atom is 0.134 e. The number of aromatic nitrogens is 2. The van der Waals surface area contributed by atoms with Gasteiger partial charge in [-0.3, -0.25) is 4.90 Å². The van der Waals surface area contributed by atoms with Crippen LogP contribution in [-0.2, 0) is 6.54 Å². The van der Waals surface area contributed by atoms with Gasteiger partial charge in [-0.1, -0.05) is 17.3 Å². The predicted octanol–water partition coefficient (Wildman–Crippen LogP) is 1.32. The second kappa shape index (κ2) is 6.28. The average Bonchev–Trinajstić information content (AvgIpc) is 2.99. The van der Waals surface area contributed by atoms with Crippen LogP contribution in [0.25, 0.3) is 0 Å². The van der Waals surface area contributed by atoms with Gasteiger partial charge in [-0.15, -0.1) is 5.10 Å². The van der Waals surface area contributed by atoms with Gasteiger partial charge in [0, 0.05) is 37.7 Å². The van der Waals surface area contributed by atoms with E-state index in [1.807, 2.05) is 7.05 Å². The molecule has 0 aromatic carbocycles. The third-order valence-electron chi connectivity index (χ3n) is 3.36. The number of hydrogen-bond acceptors (Lipinski definition) is 6. The van der Waals surface area contributed by atoms with Crippen molar-refractivity contribution in [1.29, 1.82) is 0 Å². The molecule has 5 nitrogen and oxygen atoms in total. The molecule has 96 valence electrons. The number of hydrogen-bond donors (Lipinski definition) is 2. The van der Waals surface area contributed by atoms with Gasteiger partial charge in [-0.05, 0) is 12.8 Å². The molecule has 0 saturated heterocycles. The summed E-state index contributed by atoms with van der Waals surface area (Å²) in [5.41, 5.74) is 0.998. The molecule has 1 saturated carbocycles. The summed E-state index contributed by atoms with van der Waals surface area (Å²) in [6.07, 6.45) is 5.10. The summed E-state index contributed by atoms with van der Waals surface area (Å²) in [4.78, 5) is 2.34. The van der Waals surface area contributed by atoms with Gasteiger partial charge in [0.05, 0.1) is 6.61 Å². The van der Waals surface area contributed by atoms with Crippen molar-refractivity contribution in [2.45, 2.75) is 38.3 Å². The molecule has 1 aromatic heterocycles. The molecule has 2 N–H and O–H groups in total. The molecular formula is C11H20N4OS. The standard InChI is InChI=1S/C11H20N4OS/c1-12-11-10(13-14-17-11)8-15(6-7-16)9-4-2-3-5-9/h9,12,16H,2-8H2,1H3. The zero-order chi connectivity index (χ0) is 12.1. The van der Waals surface area contributed by atoms with E-state index in [0.717, 1.165) is 23.8 Å². The van der Waals surface area contributed by atoms with E-state index in [4.69, 9.17) is 5.11 Å². The highest BCUT2D eigenvalue weighted by Crippen LogP contribution is 2.26. The molecule has 0 radical (unpaired) electrons. The molecule has 0 unspecified atom stereocenters. The molecule has 0 bridgehead atoms. The molecule has 1 heterocycles. The van der Waals surface area contributed by atoms with Gasteiger partial charge in [0.15, 0.2) is 0 Å². The molecule has 1 aliphatic carbocycles. The quantitative estimate of drug-likeness (QED) is 0.804. The van der Waals surface area contributed by atoms with Crippen LogP contribution in [-0.4, -0.2) is 45.8 Å². The van der Waals surface area contributed by atoms with Crippen molar-refractivity contribution in [2.75, 3.05) is 25.5 Å². The molecule has 0 aliphatic heterocycles. The largest absolute Gasteiger partial charge is 0.395 e. The van der Waals surface area contributed by atoms with Crippen LogP contribution < -0.4 is 5.32 Å². The van der Waals surface area contributed by atoms with E-state index in [9.17, 15) is 0 Å². The molecular weight excluding hydrogens is 236 g/mol. The second-order valence-electron chi connectivity index (χ2n) is 4.43. The van der Waals surface area contributed by atoms with Crippen LogP contribution in [0.3, 0.4) is 0 Å².